The summed E-state index contributed by atoms with van der Waals surface area (Å²) >= 11 is 1.27. The van der Waals surface area contributed by atoms with Crippen LogP contribution < -0.4 is 10.6 Å². The molecule has 1 heterocycles. The maximum atomic E-state index is 11.3. The zero-order valence-electron chi connectivity index (χ0n) is 10.0. The number of carboxylic acid groups (broad SMARTS) is 1. The summed E-state index contributed by atoms with van der Waals surface area (Å²) in [4.78, 5) is 25.8. The van der Waals surface area contributed by atoms with Crippen LogP contribution in [0.5, 0.6) is 0 Å². The number of hydrogen-bond donors (Lipinski definition) is 3. The Labute approximate surface area is 109 Å². The number of rotatable bonds is 6. The van der Waals surface area contributed by atoms with Gasteiger partial charge in [0.2, 0.25) is 0 Å². The van der Waals surface area contributed by atoms with Gasteiger partial charge in [-0.15, -0.1) is 11.3 Å². The first-order chi connectivity index (χ1) is 8.49. The molecular formula is C11H15N3O3S. The first-order valence-corrected chi connectivity index (χ1v) is 6.20. The Morgan fingerprint density at radius 1 is 1.50 bits per heavy atom. The minimum Gasteiger partial charge on any atom is -0.476 e. The highest BCUT2D eigenvalue weighted by atomic mass is 32.1. The van der Waals surface area contributed by atoms with Crippen molar-refractivity contribution in [2.75, 3.05) is 13.1 Å². The van der Waals surface area contributed by atoms with E-state index >= 15 is 0 Å². The second-order valence-corrected chi connectivity index (χ2v) is 4.69. The van der Waals surface area contributed by atoms with Crippen LogP contribution >= 0.6 is 11.3 Å². The van der Waals surface area contributed by atoms with Crippen LogP contribution in [0.15, 0.2) is 17.5 Å². The molecule has 0 unspecified atom stereocenters. The smallest absolute Gasteiger partial charge is 0.355 e. The lowest BCUT2D eigenvalue weighted by Crippen LogP contribution is -2.37. The van der Waals surface area contributed by atoms with Crippen LogP contribution in [-0.4, -0.2) is 35.2 Å². The van der Waals surface area contributed by atoms with Crippen molar-refractivity contribution >= 4 is 23.3 Å². The van der Waals surface area contributed by atoms with Gasteiger partial charge in [-0.3, -0.25) is 0 Å². The van der Waals surface area contributed by atoms with Gasteiger partial charge >= 0.3 is 12.0 Å². The van der Waals surface area contributed by atoms with Crippen LogP contribution in [0.25, 0.3) is 0 Å². The van der Waals surface area contributed by atoms with E-state index in [0.717, 1.165) is 5.57 Å². The average Bonchev–Trinajstić information content (AvgIpc) is 2.75. The van der Waals surface area contributed by atoms with Crippen LogP contribution in [0.3, 0.4) is 0 Å². The van der Waals surface area contributed by atoms with E-state index in [4.69, 9.17) is 5.11 Å². The number of amides is 2. The minimum absolute atomic E-state index is 0.0433. The average molecular weight is 269 g/mol. The third kappa shape index (κ3) is 4.96. The number of hydrogen-bond acceptors (Lipinski definition) is 4. The molecule has 0 aliphatic heterocycles. The predicted octanol–water partition coefficient (Wildman–Crippen LogP) is 1.26. The second-order valence-electron chi connectivity index (χ2n) is 3.75. The lowest BCUT2D eigenvalue weighted by atomic mass is 10.3. The molecule has 0 fully saturated rings. The number of carbonyl (C=O) groups is 2. The van der Waals surface area contributed by atoms with E-state index in [9.17, 15) is 9.59 Å². The maximum absolute atomic E-state index is 11.3. The molecule has 0 atom stereocenters. The summed E-state index contributed by atoms with van der Waals surface area (Å²) in [5.41, 5.74) is 0.915. The number of aromatic carboxylic acids is 1. The number of carboxylic acids is 1. The quantitative estimate of drug-likeness (QED) is 0.678. The maximum Gasteiger partial charge on any atom is 0.355 e. The lowest BCUT2D eigenvalue weighted by Gasteiger charge is -2.06. The summed E-state index contributed by atoms with van der Waals surface area (Å²) in [5.74, 6) is -1.04. The van der Waals surface area contributed by atoms with Crippen molar-refractivity contribution in [1.29, 1.82) is 0 Å². The molecule has 0 saturated heterocycles. The molecule has 1 rings (SSSR count). The second kappa shape index (κ2) is 6.75. The van der Waals surface area contributed by atoms with Crippen LogP contribution in [0.4, 0.5) is 4.79 Å². The van der Waals surface area contributed by atoms with Gasteiger partial charge in [0.1, 0.15) is 0 Å². The standard InChI is InChI=1S/C11H15N3O3S/c1-7(2)5-13-11(17)12-4-3-9-14-8(6-18-9)10(15)16/h6H,1,3-5H2,2H3,(H,15,16)(H2,12,13,17). The van der Waals surface area contributed by atoms with E-state index in [1.807, 2.05) is 6.92 Å². The van der Waals surface area contributed by atoms with Crippen LogP contribution in [0, 0.1) is 0 Å². The van der Waals surface area contributed by atoms with Crippen molar-refractivity contribution in [3.05, 3.63) is 28.2 Å². The fourth-order valence-corrected chi connectivity index (χ4v) is 1.87. The molecule has 0 aliphatic rings. The molecule has 0 aromatic carbocycles. The van der Waals surface area contributed by atoms with Crippen molar-refractivity contribution in [2.24, 2.45) is 0 Å². The highest BCUT2D eigenvalue weighted by Crippen LogP contribution is 2.09. The topological polar surface area (TPSA) is 91.3 Å². The Bertz CT molecular complexity index is 456. The van der Waals surface area contributed by atoms with Gasteiger partial charge in [-0.25, -0.2) is 14.6 Å². The minimum atomic E-state index is -1.04. The van der Waals surface area contributed by atoms with Gasteiger partial charge in [0.15, 0.2) is 5.69 Å². The molecule has 7 heteroatoms. The Balaban J connectivity index is 2.26. The van der Waals surface area contributed by atoms with Gasteiger partial charge in [0.25, 0.3) is 0 Å². The van der Waals surface area contributed by atoms with Crippen molar-refractivity contribution in [1.82, 2.24) is 15.6 Å². The van der Waals surface area contributed by atoms with E-state index in [2.05, 4.69) is 22.2 Å². The highest BCUT2D eigenvalue weighted by Gasteiger charge is 2.08. The fraction of sp³-hybridized carbons (Fsp3) is 0.364. The lowest BCUT2D eigenvalue weighted by molar-refractivity contribution is 0.0691. The molecule has 0 aliphatic carbocycles. The molecular weight excluding hydrogens is 254 g/mol. The van der Waals surface area contributed by atoms with Crippen LogP contribution in [0.2, 0.25) is 0 Å². The van der Waals surface area contributed by atoms with Crippen molar-refractivity contribution in [3.63, 3.8) is 0 Å². The number of aromatic nitrogens is 1. The number of nitrogens with one attached hydrogen (secondary N) is 2. The number of urea groups is 1. The van der Waals surface area contributed by atoms with E-state index < -0.39 is 5.97 Å². The molecule has 1 aromatic rings. The van der Waals surface area contributed by atoms with E-state index in [1.165, 1.54) is 16.7 Å². The summed E-state index contributed by atoms with van der Waals surface area (Å²) in [6.07, 6.45) is 0.512. The van der Waals surface area contributed by atoms with Crippen molar-refractivity contribution < 1.29 is 14.7 Å². The summed E-state index contributed by atoms with van der Waals surface area (Å²) in [6, 6.07) is -0.270. The molecule has 0 bridgehead atoms. The van der Waals surface area contributed by atoms with Gasteiger partial charge in [0, 0.05) is 24.9 Å². The van der Waals surface area contributed by atoms with Crippen LogP contribution in [0.1, 0.15) is 22.4 Å². The summed E-state index contributed by atoms with van der Waals surface area (Å²) in [7, 11) is 0. The van der Waals surface area contributed by atoms with Gasteiger partial charge in [0.05, 0.1) is 5.01 Å². The van der Waals surface area contributed by atoms with Gasteiger partial charge in [-0.2, -0.15) is 0 Å². The van der Waals surface area contributed by atoms with Crippen molar-refractivity contribution in [3.8, 4) is 0 Å². The first kappa shape index (κ1) is 14.2. The zero-order valence-corrected chi connectivity index (χ0v) is 10.8. The Morgan fingerprint density at radius 3 is 2.78 bits per heavy atom. The summed E-state index contributed by atoms with van der Waals surface area (Å²) < 4.78 is 0. The van der Waals surface area contributed by atoms with E-state index in [1.54, 1.807) is 0 Å². The monoisotopic (exact) mass is 269 g/mol. The van der Waals surface area contributed by atoms with Gasteiger partial charge in [-0.05, 0) is 6.92 Å². The SMILES string of the molecule is C=C(C)CNC(=O)NCCc1nc(C(=O)O)cs1. The molecule has 0 spiro atoms. The Kier molecular flexibility index (Phi) is 5.31. The molecule has 18 heavy (non-hydrogen) atoms. The fourth-order valence-electron chi connectivity index (χ4n) is 1.10. The number of carbonyl (C=O) groups excluding carboxylic acids is 1. The molecule has 0 saturated carbocycles. The Hall–Kier alpha value is -1.89. The van der Waals surface area contributed by atoms with Gasteiger partial charge in [-0.1, -0.05) is 12.2 Å². The molecule has 3 N–H and O–H groups in total. The number of thiazole rings is 1. The molecule has 1 aromatic heterocycles. The highest BCUT2D eigenvalue weighted by molar-refractivity contribution is 7.09. The first-order valence-electron chi connectivity index (χ1n) is 5.33. The largest absolute Gasteiger partial charge is 0.476 e. The molecule has 2 amide bonds. The predicted molar refractivity (Wildman–Crippen MR) is 69.0 cm³/mol. The normalized spacial score (nSPS) is 9.83. The Morgan fingerprint density at radius 2 is 2.22 bits per heavy atom. The summed E-state index contributed by atoms with van der Waals surface area (Å²) in [5, 5.41) is 16.1. The molecule has 98 valence electrons. The zero-order chi connectivity index (χ0) is 13.5. The molecule has 6 nitrogen and oxygen atoms in total. The van der Waals surface area contributed by atoms with Crippen molar-refractivity contribution in [2.45, 2.75) is 13.3 Å². The number of nitrogens with zero attached hydrogens (tertiary/aromatic N) is 1. The molecule has 0 radical (unpaired) electrons. The summed E-state index contributed by atoms with van der Waals surface area (Å²) in [6.45, 7) is 6.34. The third-order valence-electron chi connectivity index (χ3n) is 1.95. The van der Waals surface area contributed by atoms with Crippen LogP contribution in [-0.2, 0) is 6.42 Å². The van der Waals surface area contributed by atoms with E-state index in [-0.39, 0.29) is 11.7 Å². The van der Waals surface area contributed by atoms with E-state index in [0.29, 0.717) is 24.5 Å². The van der Waals surface area contributed by atoms with Gasteiger partial charge < -0.3 is 15.7 Å². The third-order valence-corrected chi connectivity index (χ3v) is 2.85.